The van der Waals surface area contributed by atoms with E-state index in [0.29, 0.717) is 13.2 Å². The van der Waals surface area contributed by atoms with E-state index in [1.54, 1.807) is 0 Å². The molecular formula is C10H12BF3NO3S-. The highest BCUT2D eigenvalue weighted by Gasteiger charge is 2.28. The SMILES string of the molecule is O=S(=O)(c1ccc([B-](F)(F)F)cc1)N1CCOCC1. The molecule has 1 saturated heterocycles. The Morgan fingerprint density at radius 3 is 2.05 bits per heavy atom. The minimum atomic E-state index is -5.11. The van der Waals surface area contributed by atoms with Gasteiger partial charge in [0.2, 0.25) is 10.0 Å². The first-order valence-electron chi connectivity index (χ1n) is 5.69. The van der Waals surface area contributed by atoms with Gasteiger partial charge < -0.3 is 17.7 Å². The zero-order valence-electron chi connectivity index (χ0n) is 9.93. The van der Waals surface area contributed by atoms with Gasteiger partial charge in [0.15, 0.2) is 0 Å². The standard InChI is InChI=1S/C10H12BF3NO3S/c12-11(13,14)9-1-3-10(4-2-9)19(16,17)15-5-7-18-8-6-15/h1-4H,5-8H2/q-1. The second-order valence-electron chi connectivity index (χ2n) is 4.16. The molecule has 0 bridgehead atoms. The molecule has 0 spiro atoms. The van der Waals surface area contributed by atoms with Gasteiger partial charge in [-0.3, -0.25) is 0 Å². The lowest BCUT2D eigenvalue weighted by atomic mass is 9.80. The molecule has 1 aromatic rings. The minimum absolute atomic E-state index is 0.127. The summed E-state index contributed by atoms with van der Waals surface area (Å²) in [5, 5.41) is 0. The Morgan fingerprint density at radius 1 is 1.05 bits per heavy atom. The molecule has 0 amide bonds. The van der Waals surface area contributed by atoms with Crippen molar-refractivity contribution in [1.29, 1.82) is 0 Å². The molecule has 4 nitrogen and oxygen atoms in total. The smallest absolute Gasteiger partial charge is 0.445 e. The molecule has 0 radical (unpaired) electrons. The average Bonchev–Trinajstić information content (AvgIpc) is 2.39. The van der Waals surface area contributed by atoms with Gasteiger partial charge in [-0.1, -0.05) is 12.1 Å². The van der Waals surface area contributed by atoms with Gasteiger partial charge in [0.05, 0.1) is 18.1 Å². The Balaban J connectivity index is 2.26. The van der Waals surface area contributed by atoms with E-state index < -0.39 is 22.5 Å². The van der Waals surface area contributed by atoms with Crippen molar-refractivity contribution in [2.45, 2.75) is 4.90 Å². The number of benzene rings is 1. The lowest BCUT2D eigenvalue weighted by molar-refractivity contribution is 0.0730. The first kappa shape index (κ1) is 14.4. The Kier molecular flexibility index (Phi) is 3.89. The van der Waals surface area contributed by atoms with Crippen molar-refractivity contribution in [2.75, 3.05) is 26.3 Å². The monoisotopic (exact) mass is 294 g/mol. The van der Waals surface area contributed by atoms with E-state index in [1.165, 1.54) is 4.31 Å². The van der Waals surface area contributed by atoms with Crippen LogP contribution in [-0.2, 0) is 14.8 Å². The van der Waals surface area contributed by atoms with Gasteiger partial charge in [0.1, 0.15) is 0 Å². The number of nitrogens with zero attached hydrogens (tertiary/aromatic N) is 1. The van der Waals surface area contributed by atoms with Crippen LogP contribution in [0.1, 0.15) is 0 Å². The summed E-state index contributed by atoms with van der Waals surface area (Å²) in [5.74, 6) is 0. The van der Waals surface area contributed by atoms with E-state index in [4.69, 9.17) is 4.74 Å². The molecular weight excluding hydrogens is 282 g/mol. The Hall–Kier alpha value is -1.06. The maximum absolute atomic E-state index is 12.5. The second kappa shape index (κ2) is 5.14. The normalized spacial score (nSPS) is 18.5. The van der Waals surface area contributed by atoms with Crippen LogP contribution in [0.5, 0.6) is 0 Å². The molecule has 1 fully saturated rings. The second-order valence-corrected chi connectivity index (χ2v) is 6.10. The molecule has 1 aliphatic rings. The Morgan fingerprint density at radius 2 is 1.58 bits per heavy atom. The van der Waals surface area contributed by atoms with Crippen molar-refractivity contribution >= 4 is 22.5 Å². The number of hydrogen-bond acceptors (Lipinski definition) is 3. The average molecular weight is 294 g/mol. The zero-order valence-corrected chi connectivity index (χ0v) is 10.7. The largest absolute Gasteiger partial charge is 0.509 e. The summed E-state index contributed by atoms with van der Waals surface area (Å²) in [6, 6.07) is 3.59. The van der Waals surface area contributed by atoms with E-state index in [2.05, 4.69) is 0 Å². The predicted molar refractivity (Wildman–Crippen MR) is 64.7 cm³/mol. The highest BCUT2D eigenvalue weighted by Crippen LogP contribution is 2.17. The fraction of sp³-hybridized carbons (Fsp3) is 0.400. The summed E-state index contributed by atoms with van der Waals surface area (Å²) >= 11 is 0. The molecule has 2 rings (SSSR count). The number of rotatable bonds is 3. The van der Waals surface area contributed by atoms with Crippen LogP contribution in [0.15, 0.2) is 29.2 Å². The van der Waals surface area contributed by atoms with Crippen LogP contribution in [0.4, 0.5) is 12.9 Å². The minimum Gasteiger partial charge on any atom is -0.445 e. The molecule has 106 valence electrons. The first-order valence-corrected chi connectivity index (χ1v) is 7.13. The molecule has 0 aromatic heterocycles. The molecule has 0 unspecified atom stereocenters. The van der Waals surface area contributed by atoms with Crippen molar-refractivity contribution in [3.63, 3.8) is 0 Å². The molecule has 1 aliphatic heterocycles. The third-order valence-electron chi connectivity index (χ3n) is 2.87. The number of hydrogen-bond donors (Lipinski definition) is 0. The molecule has 9 heteroatoms. The quantitative estimate of drug-likeness (QED) is 0.773. The van der Waals surface area contributed by atoms with Crippen molar-refractivity contribution in [1.82, 2.24) is 4.31 Å². The fourth-order valence-corrected chi connectivity index (χ4v) is 3.20. The Labute approximate surface area is 109 Å². The van der Waals surface area contributed by atoms with Crippen molar-refractivity contribution in [3.05, 3.63) is 24.3 Å². The number of ether oxygens (including phenoxy) is 1. The summed E-state index contributed by atoms with van der Waals surface area (Å²) in [5.41, 5.74) is -0.805. The molecule has 0 N–H and O–H groups in total. The van der Waals surface area contributed by atoms with Gasteiger partial charge in [-0.25, -0.2) is 8.42 Å². The van der Waals surface area contributed by atoms with Crippen molar-refractivity contribution in [2.24, 2.45) is 0 Å². The number of halogens is 3. The fourth-order valence-electron chi connectivity index (χ4n) is 1.79. The summed E-state index contributed by atoms with van der Waals surface area (Å²) in [6.45, 7) is -4.09. The van der Waals surface area contributed by atoms with Crippen LogP contribution < -0.4 is 5.46 Å². The molecule has 0 aliphatic carbocycles. The van der Waals surface area contributed by atoms with Crippen LogP contribution in [0.2, 0.25) is 0 Å². The number of sulfonamides is 1. The Bertz CT molecular complexity index is 538. The van der Waals surface area contributed by atoms with Gasteiger partial charge in [-0.15, -0.1) is 5.46 Å². The first-order chi connectivity index (χ1) is 8.82. The zero-order chi connectivity index (χ0) is 14.1. The van der Waals surface area contributed by atoms with Crippen LogP contribution in [0.3, 0.4) is 0 Å². The van der Waals surface area contributed by atoms with E-state index in [0.717, 1.165) is 24.3 Å². The lowest BCUT2D eigenvalue weighted by Gasteiger charge is -2.26. The van der Waals surface area contributed by atoms with Gasteiger partial charge in [-0.2, -0.15) is 4.31 Å². The van der Waals surface area contributed by atoms with E-state index in [-0.39, 0.29) is 18.0 Å². The van der Waals surface area contributed by atoms with Gasteiger partial charge >= 0.3 is 6.98 Å². The van der Waals surface area contributed by atoms with Crippen LogP contribution in [0.25, 0.3) is 0 Å². The van der Waals surface area contributed by atoms with Gasteiger partial charge in [0, 0.05) is 13.1 Å². The van der Waals surface area contributed by atoms with Crippen LogP contribution in [0, 0.1) is 0 Å². The third kappa shape index (κ3) is 3.10. The predicted octanol–water partition coefficient (Wildman–Crippen LogP) is 0.762. The van der Waals surface area contributed by atoms with Crippen LogP contribution >= 0.6 is 0 Å². The summed E-state index contributed by atoms with van der Waals surface area (Å²) in [4.78, 5) is -0.127. The van der Waals surface area contributed by atoms with Crippen LogP contribution in [-0.4, -0.2) is 46.0 Å². The highest BCUT2D eigenvalue weighted by molar-refractivity contribution is 7.89. The lowest BCUT2D eigenvalue weighted by Crippen LogP contribution is -2.41. The summed E-state index contributed by atoms with van der Waals surface area (Å²) in [6.07, 6.45) is 0. The summed E-state index contributed by atoms with van der Waals surface area (Å²) < 4.78 is 67.9. The molecule has 19 heavy (non-hydrogen) atoms. The molecule has 1 aromatic carbocycles. The van der Waals surface area contributed by atoms with Gasteiger partial charge in [0.25, 0.3) is 0 Å². The topological polar surface area (TPSA) is 46.6 Å². The molecule has 0 saturated carbocycles. The van der Waals surface area contributed by atoms with E-state index >= 15 is 0 Å². The van der Waals surface area contributed by atoms with E-state index in [1.807, 2.05) is 0 Å². The summed E-state index contributed by atoms with van der Waals surface area (Å²) in [7, 11) is -3.73. The maximum atomic E-state index is 12.5. The number of morpholine rings is 1. The van der Waals surface area contributed by atoms with Crippen molar-refractivity contribution < 1.29 is 26.1 Å². The molecule has 0 atom stereocenters. The van der Waals surface area contributed by atoms with Gasteiger partial charge in [-0.05, 0) is 12.1 Å². The highest BCUT2D eigenvalue weighted by atomic mass is 32.2. The maximum Gasteiger partial charge on any atom is 0.509 e. The van der Waals surface area contributed by atoms with Crippen molar-refractivity contribution in [3.8, 4) is 0 Å². The van der Waals surface area contributed by atoms with E-state index in [9.17, 15) is 21.4 Å². The molecule has 1 heterocycles. The third-order valence-corrected chi connectivity index (χ3v) is 4.78.